The highest BCUT2D eigenvalue weighted by molar-refractivity contribution is 6.32. The monoisotopic (exact) mass is 374 g/mol. The average Bonchev–Trinajstić information content (AvgIpc) is 3.10. The quantitative estimate of drug-likeness (QED) is 0.690. The summed E-state index contributed by atoms with van der Waals surface area (Å²) < 4.78 is 1.48. The number of halogens is 2. The molecule has 0 spiro atoms. The fraction of sp³-hybridized carbons (Fsp3) is 0. The molecule has 0 aliphatic heterocycles. The van der Waals surface area contributed by atoms with Crippen LogP contribution in [-0.4, -0.2) is 21.6 Å². The van der Waals surface area contributed by atoms with E-state index in [0.717, 1.165) is 0 Å². The van der Waals surface area contributed by atoms with E-state index in [9.17, 15) is 9.59 Å². The number of nitrogens with zero attached hydrogens (tertiary/aromatic N) is 2. The summed E-state index contributed by atoms with van der Waals surface area (Å²) in [6, 6.07) is 14.9. The largest absolute Gasteiger partial charge is 0.290 e. The van der Waals surface area contributed by atoms with Crippen LogP contribution >= 0.6 is 23.2 Å². The molecule has 0 aliphatic carbocycles. The van der Waals surface area contributed by atoms with E-state index in [-0.39, 0.29) is 5.69 Å². The number of carbonyl (C=O) groups excluding carboxylic acids is 2. The molecule has 3 rings (SSSR count). The Bertz CT molecular complexity index is 922. The zero-order valence-corrected chi connectivity index (χ0v) is 14.3. The lowest BCUT2D eigenvalue weighted by atomic mass is 10.2. The van der Waals surface area contributed by atoms with Gasteiger partial charge in [0.25, 0.3) is 11.8 Å². The maximum atomic E-state index is 12.1. The predicted molar refractivity (Wildman–Crippen MR) is 95.0 cm³/mol. The topological polar surface area (TPSA) is 76.0 Å². The van der Waals surface area contributed by atoms with Crippen molar-refractivity contribution < 1.29 is 9.59 Å². The zero-order valence-electron chi connectivity index (χ0n) is 12.7. The van der Waals surface area contributed by atoms with Crippen LogP contribution in [0.4, 0.5) is 0 Å². The maximum Gasteiger partial charge on any atom is 0.290 e. The van der Waals surface area contributed by atoms with Crippen molar-refractivity contribution in [3.05, 3.63) is 82.1 Å². The van der Waals surface area contributed by atoms with Crippen LogP contribution in [0, 0.1) is 0 Å². The van der Waals surface area contributed by atoms with Crippen LogP contribution in [-0.2, 0) is 0 Å². The average molecular weight is 375 g/mol. The van der Waals surface area contributed by atoms with Crippen molar-refractivity contribution >= 4 is 35.0 Å². The van der Waals surface area contributed by atoms with Gasteiger partial charge in [-0.1, -0.05) is 35.3 Å². The molecule has 3 aromatic rings. The molecule has 0 bridgehead atoms. The van der Waals surface area contributed by atoms with Gasteiger partial charge in [0.05, 0.1) is 10.7 Å². The first-order chi connectivity index (χ1) is 12.0. The minimum Gasteiger partial charge on any atom is -0.267 e. The number of para-hydroxylation sites is 1. The Kier molecular flexibility index (Phi) is 5.02. The number of hydrogen-bond donors (Lipinski definition) is 2. The van der Waals surface area contributed by atoms with Crippen molar-refractivity contribution in [2.45, 2.75) is 0 Å². The van der Waals surface area contributed by atoms with Crippen LogP contribution in [0.5, 0.6) is 0 Å². The van der Waals surface area contributed by atoms with Gasteiger partial charge in [0.2, 0.25) is 0 Å². The molecule has 0 atom stereocenters. The molecule has 8 heteroatoms. The van der Waals surface area contributed by atoms with E-state index in [1.165, 1.54) is 10.7 Å². The number of rotatable bonds is 3. The Hall–Kier alpha value is -2.83. The first kappa shape index (κ1) is 17.0. The minimum atomic E-state index is -0.548. The van der Waals surface area contributed by atoms with Crippen LogP contribution in [0.1, 0.15) is 20.8 Å². The highest BCUT2D eigenvalue weighted by Gasteiger charge is 2.13. The van der Waals surface area contributed by atoms with Gasteiger partial charge in [-0.2, -0.15) is 5.10 Å². The summed E-state index contributed by atoms with van der Waals surface area (Å²) in [4.78, 5) is 24.1. The summed E-state index contributed by atoms with van der Waals surface area (Å²) in [7, 11) is 0. The zero-order chi connectivity index (χ0) is 17.8. The van der Waals surface area contributed by atoms with Gasteiger partial charge in [0.15, 0.2) is 5.69 Å². The van der Waals surface area contributed by atoms with Gasteiger partial charge in [0.1, 0.15) is 0 Å². The van der Waals surface area contributed by atoms with Gasteiger partial charge in [-0.05, 0) is 42.5 Å². The summed E-state index contributed by atoms with van der Waals surface area (Å²) in [5.41, 5.74) is 5.78. The SMILES string of the molecule is O=C(NNC(=O)c1ccn(-c2ccccc2Cl)n1)c1ccc(Cl)cc1. The smallest absolute Gasteiger partial charge is 0.267 e. The molecule has 0 radical (unpaired) electrons. The van der Waals surface area contributed by atoms with Crippen molar-refractivity contribution in [1.82, 2.24) is 20.6 Å². The first-order valence-corrected chi connectivity index (χ1v) is 7.97. The van der Waals surface area contributed by atoms with Crippen molar-refractivity contribution in [1.29, 1.82) is 0 Å². The Morgan fingerprint density at radius 2 is 1.56 bits per heavy atom. The molecule has 126 valence electrons. The summed E-state index contributed by atoms with van der Waals surface area (Å²) >= 11 is 11.9. The van der Waals surface area contributed by atoms with Crippen LogP contribution in [0.25, 0.3) is 5.69 Å². The standard InChI is InChI=1S/C17H12Cl2N4O2/c18-12-7-5-11(6-8-12)16(24)20-21-17(25)14-9-10-23(22-14)15-4-2-1-3-13(15)19/h1-10H,(H,20,24)(H,21,25). The lowest BCUT2D eigenvalue weighted by Crippen LogP contribution is -2.41. The first-order valence-electron chi connectivity index (χ1n) is 7.21. The van der Waals surface area contributed by atoms with E-state index < -0.39 is 11.8 Å². The van der Waals surface area contributed by atoms with Gasteiger partial charge in [0, 0.05) is 16.8 Å². The number of hydrazine groups is 1. The third-order valence-corrected chi connectivity index (χ3v) is 3.89. The fourth-order valence-electron chi connectivity index (χ4n) is 2.07. The van der Waals surface area contributed by atoms with Gasteiger partial charge < -0.3 is 0 Å². The molecule has 0 aliphatic rings. The fourth-order valence-corrected chi connectivity index (χ4v) is 2.42. The number of hydrogen-bond acceptors (Lipinski definition) is 3. The predicted octanol–water partition coefficient (Wildman–Crippen LogP) is 3.25. The lowest BCUT2D eigenvalue weighted by Gasteiger charge is -2.06. The van der Waals surface area contributed by atoms with Crippen LogP contribution in [0.3, 0.4) is 0 Å². The molecule has 0 fully saturated rings. The molecule has 2 amide bonds. The molecule has 2 aromatic carbocycles. The van der Waals surface area contributed by atoms with Crippen molar-refractivity contribution in [2.75, 3.05) is 0 Å². The molecule has 1 heterocycles. The summed E-state index contributed by atoms with van der Waals surface area (Å²) in [6.07, 6.45) is 1.61. The summed E-state index contributed by atoms with van der Waals surface area (Å²) in [5.74, 6) is -1.01. The Morgan fingerprint density at radius 1 is 0.880 bits per heavy atom. The van der Waals surface area contributed by atoms with Crippen LogP contribution < -0.4 is 10.9 Å². The number of amides is 2. The molecule has 0 unspecified atom stereocenters. The number of benzene rings is 2. The van der Waals surface area contributed by atoms with E-state index in [0.29, 0.717) is 21.3 Å². The van der Waals surface area contributed by atoms with E-state index in [1.54, 1.807) is 48.7 Å². The molecular weight excluding hydrogens is 363 g/mol. The van der Waals surface area contributed by atoms with Crippen LogP contribution in [0.2, 0.25) is 10.0 Å². The second-order valence-electron chi connectivity index (χ2n) is 5.01. The number of aromatic nitrogens is 2. The molecule has 1 aromatic heterocycles. The van der Waals surface area contributed by atoms with Crippen molar-refractivity contribution in [2.24, 2.45) is 0 Å². The lowest BCUT2D eigenvalue weighted by molar-refractivity contribution is 0.0843. The number of nitrogens with one attached hydrogen (secondary N) is 2. The molecule has 0 saturated carbocycles. The van der Waals surface area contributed by atoms with E-state index >= 15 is 0 Å². The molecule has 2 N–H and O–H groups in total. The van der Waals surface area contributed by atoms with Crippen molar-refractivity contribution in [3.63, 3.8) is 0 Å². The number of carbonyl (C=O) groups is 2. The second-order valence-corrected chi connectivity index (χ2v) is 5.86. The van der Waals surface area contributed by atoms with Crippen molar-refractivity contribution in [3.8, 4) is 5.69 Å². The van der Waals surface area contributed by atoms with Gasteiger partial charge in [-0.3, -0.25) is 20.4 Å². The third kappa shape index (κ3) is 3.99. The van der Waals surface area contributed by atoms with Gasteiger partial charge in [-0.25, -0.2) is 4.68 Å². The Morgan fingerprint density at radius 3 is 2.28 bits per heavy atom. The van der Waals surface area contributed by atoms with E-state index in [4.69, 9.17) is 23.2 Å². The molecule has 0 saturated heterocycles. The van der Waals surface area contributed by atoms with Gasteiger partial charge in [-0.15, -0.1) is 0 Å². The highest BCUT2D eigenvalue weighted by Crippen LogP contribution is 2.19. The maximum absolute atomic E-state index is 12.1. The highest BCUT2D eigenvalue weighted by atomic mass is 35.5. The molecule has 25 heavy (non-hydrogen) atoms. The Balaban J connectivity index is 1.65. The van der Waals surface area contributed by atoms with Crippen LogP contribution in [0.15, 0.2) is 60.8 Å². The minimum absolute atomic E-state index is 0.135. The van der Waals surface area contributed by atoms with E-state index in [1.807, 2.05) is 6.07 Å². The molecular formula is C17H12Cl2N4O2. The third-order valence-electron chi connectivity index (χ3n) is 3.32. The second kappa shape index (κ2) is 7.38. The summed E-state index contributed by atoms with van der Waals surface area (Å²) in [5, 5.41) is 5.18. The van der Waals surface area contributed by atoms with E-state index in [2.05, 4.69) is 16.0 Å². The molecule has 6 nitrogen and oxygen atoms in total. The normalized spacial score (nSPS) is 10.3. The van der Waals surface area contributed by atoms with Gasteiger partial charge >= 0.3 is 0 Å². The summed E-state index contributed by atoms with van der Waals surface area (Å²) in [6.45, 7) is 0. The Labute approximate surface area is 153 Å².